The van der Waals surface area contributed by atoms with E-state index >= 15 is 0 Å². The number of nitrogens with one attached hydrogen (secondary N) is 1. The van der Waals surface area contributed by atoms with Crippen molar-refractivity contribution in [2.45, 2.75) is 34.6 Å². The second-order valence-electron chi connectivity index (χ2n) is 8.43. The van der Waals surface area contributed by atoms with E-state index in [0.29, 0.717) is 12.4 Å². The largest absolute Gasteiger partial charge is 0.493 e. The van der Waals surface area contributed by atoms with E-state index < -0.39 is 0 Å². The van der Waals surface area contributed by atoms with Crippen LogP contribution in [0.3, 0.4) is 0 Å². The zero-order valence-electron chi connectivity index (χ0n) is 19.8. The van der Waals surface area contributed by atoms with Crippen LogP contribution >= 0.6 is 0 Å². The molecule has 0 aliphatic heterocycles. The lowest BCUT2D eigenvalue weighted by Crippen LogP contribution is -2.10. The first-order chi connectivity index (χ1) is 15.9. The minimum atomic E-state index is -0.172. The highest BCUT2D eigenvalue weighted by Crippen LogP contribution is 2.37. The van der Waals surface area contributed by atoms with Crippen molar-refractivity contribution < 1.29 is 13.9 Å². The molecule has 168 valence electrons. The van der Waals surface area contributed by atoms with Gasteiger partial charge in [0.2, 0.25) is 5.91 Å². The lowest BCUT2D eigenvalue weighted by Gasteiger charge is -2.12. The maximum Gasteiger partial charge on any atom is 0.248 e. The van der Waals surface area contributed by atoms with Crippen molar-refractivity contribution in [1.29, 1.82) is 0 Å². The van der Waals surface area contributed by atoms with Gasteiger partial charge in [-0.15, -0.1) is 0 Å². The first kappa shape index (κ1) is 22.4. The highest BCUT2D eigenvalue weighted by molar-refractivity contribution is 6.05. The summed E-state index contributed by atoms with van der Waals surface area (Å²) < 4.78 is 11.8. The minimum absolute atomic E-state index is 0.172. The molecular formula is C29H29NO3. The number of carbonyl (C=O) groups excluding carboxylic acids is 1. The Labute approximate surface area is 194 Å². The molecule has 0 saturated heterocycles. The first-order valence-electron chi connectivity index (χ1n) is 11.2. The Kier molecular flexibility index (Phi) is 6.36. The van der Waals surface area contributed by atoms with Crippen LogP contribution in [0.2, 0.25) is 0 Å². The molecular weight excluding hydrogens is 410 g/mol. The minimum Gasteiger partial charge on any atom is -0.493 e. The number of rotatable bonds is 6. The third-order valence-corrected chi connectivity index (χ3v) is 5.76. The molecule has 0 spiro atoms. The van der Waals surface area contributed by atoms with E-state index in [4.69, 9.17) is 9.15 Å². The summed E-state index contributed by atoms with van der Waals surface area (Å²) in [6.07, 6.45) is 3.40. The Morgan fingerprint density at radius 3 is 2.45 bits per heavy atom. The van der Waals surface area contributed by atoms with Crippen LogP contribution < -0.4 is 10.1 Å². The van der Waals surface area contributed by atoms with Crippen LogP contribution in [0, 0.1) is 20.8 Å². The number of amides is 1. The standard InChI is InChI=1S/C29H29NO3/c1-6-32-27-16-28-24(25(17-33-28)22-11-8-18(2)9-12-22)15-23(27)21(5)14-29(31)30-26-13-19(3)7-10-20(26)4/h7-17H,6H2,1-5H3,(H,30,31)/b21-14+. The van der Waals surface area contributed by atoms with Gasteiger partial charge >= 0.3 is 0 Å². The highest BCUT2D eigenvalue weighted by Gasteiger charge is 2.15. The molecule has 0 fully saturated rings. The van der Waals surface area contributed by atoms with Crippen molar-refractivity contribution >= 4 is 28.1 Å². The van der Waals surface area contributed by atoms with Crippen LogP contribution in [0.4, 0.5) is 5.69 Å². The lowest BCUT2D eigenvalue weighted by atomic mass is 9.98. The van der Waals surface area contributed by atoms with E-state index in [1.807, 2.05) is 52.0 Å². The Hall–Kier alpha value is -3.79. The van der Waals surface area contributed by atoms with Gasteiger partial charge in [0.25, 0.3) is 0 Å². The van der Waals surface area contributed by atoms with E-state index in [0.717, 1.165) is 50.0 Å². The molecule has 0 atom stereocenters. The van der Waals surface area contributed by atoms with E-state index in [2.05, 4.69) is 42.6 Å². The summed E-state index contributed by atoms with van der Waals surface area (Å²) in [7, 11) is 0. The van der Waals surface area contributed by atoms with Crippen molar-refractivity contribution in [1.82, 2.24) is 0 Å². The number of fused-ring (bicyclic) bond motifs is 1. The monoisotopic (exact) mass is 439 g/mol. The van der Waals surface area contributed by atoms with Crippen LogP contribution in [0.5, 0.6) is 5.75 Å². The van der Waals surface area contributed by atoms with Gasteiger partial charge < -0.3 is 14.5 Å². The predicted molar refractivity (Wildman–Crippen MR) is 136 cm³/mol. The van der Waals surface area contributed by atoms with Crippen LogP contribution in [-0.2, 0) is 4.79 Å². The normalized spacial score (nSPS) is 11.6. The molecule has 4 aromatic rings. The summed E-state index contributed by atoms with van der Waals surface area (Å²) in [5.41, 5.74) is 8.70. The van der Waals surface area contributed by atoms with Gasteiger partial charge in [-0.25, -0.2) is 0 Å². The van der Waals surface area contributed by atoms with Gasteiger partial charge in [-0.3, -0.25) is 4.79 Å². The van der Waals surface area contributed by atoms with Gasteiger partial charge in [0.15, 0.2) is 0 Å². The zero-order valence-corrected chi connectivity index (χ0v) is 19.8. The third kappa shape index (κ3) is 4.85. The van der Waals surface area contributed by atoms with Crippen LogP contribution in [-0.4, -0.2) is 12.5 Å². The molecule has 4 heteroatoms. The molecule has 1 amide bonds. The average Bonchev–Trinajstić information content (AvgIpc) is 3.19. The molecule has 0 aliphatic rings. The second kappa shape index (κ2) is 9.37. The SMILES string of the molecule is CCOc1cc2occ(-c3ccc(C)cc3)c2cc1/C(C)=C/C(=O)Nc1cc(C)ccc1C. The fourth-order valence-electron chi connectivity index (χ4n) is 3.91. The van der Waals surface area contributed by atoms with Crippen LogP contribution in [0.1, 0.15) is 36.1 Å². The van der Waals surface area contributed by atoms with Crippen molar-refractivity contribution in [2.24, 2.45) is 0 Å². The topological polar surface area (TPSA) is 51.5 Å². The number of hydrogen-bond donors (Lipinski definition) is 1. The highest BCUT2D eigenvalue weighted by atomic mass is 16.5. The second-order valence-corrected chi connectivity index (χ2v) is 8.43. The summed E-state index contributed by atoms with van der Waals surface area (Å²) in [4.78, 5) is 12.8. The maximum absolute atomic E-state index is 12.8. The molecule has 4 nitrogen and oxygen atoms in total. The number of furan rings is 1. The molecule has 33 heavy (non-hydrogen) atoms. The smallest absolute Gasteiger partial charge is 0.248 e. The third-order valence-electron chi connectivity index (χ3n) is 5.76. The molecule has 1 heterocycles. The number of allylic oxidation sites excluding steroid dienone is 1. The van der Waals surface area contributed by atoms with E-state index in [9.17, 15) is 4.79 Å². The van der Waals surface area contributed by atoms with Gasteiger partial charge in [-0.05, 0) is 69.0 Å². The summed E-state index contributed by atoms with van der Waals surface area (Å²) in [5.74, 6) is 0.526. The molecule has 0 radical (unpaired) electrons. The summed E-state index contributed by atoms with van der Waals surface area (Å²) >= 11 is 0. The van der Waals surface area contributed by atoms with Gasteiger partial charge in [-0.1, -0.05) is 42.0 Å². The fraction of sp³-hybridized carbons (Fsp3) is 0.207. The van der Waals surface area contributed by atoms with Crippen molar-refractivity contribution in [3.8, 4) is 16.9 Å². The summed E-state index contributed by atoms with van der Waals surface area (Å²) in [5, 5.41) is 3.99. The lowest BCUT2D eigenvalue weighted by molar-refractivity contribution is -0.111. The summed E-state index contributed by atoms with van der Waals surface area (Å²) in [6, 6.07) is 18.3. The number of anilines is 1. The fourth-order valence-corrected chi connectivity index (χ4v) is 3.91. The predicted octanol–water partition coefficient (Wildman–Crippen LogP) is 7.47. The Morgan fingerprint density at radius 2 is 1.73 bits per heavy atom. The number of carbonyl (C=O) groups is 1. The Morgan fingerprint density at radius 1 is 1.00 bits per heavy atom. The summed E-state index contributed by atoms with van der Waals surface area (Å²) in [6.45, 7) is 10.5. The molecule has 3 aromatic carbocycles. The van der Waals surface area contributed by atoms with Gasteiger partial charge in [-0.2, -0.15) is 0 Å². The van der Waals surface area contributed by atoms with Gasteiger partial charge in [0.1, 0.15) is 11.3 Å². The van der Waals surface area contributed by atoms with Crippen LogP contribution in [0.15, 0.2) is 71.4 Å². The maximum atomic E-state index is 12.8. The van der Waals surface area contributed by atoms with Crippen molar-refractivity contribution in [3.05, 3.63) is 89.2 Å². The molecule has 0 saturated carbocycles. The van der Waals surface area contributed by atoms with E-state index in [-0.39, 0.29) is 5.91 Å². The van der Waals surface area contributed by atoms with Crippen LogP contribution in [0.25, 0.3) is 27.7 Å². The Bertz CT molecular complexity index is 1340. The number of ether oxygens (including phenoxy) is 1. The molecule has 0 aliphatic carbocycles. The number of aryl methyl sites for hydroxylation is 3. The molecule has 1 aromatic heterocycles. The van der Waals surface area contributed by atoms with Gasteiger partial charge in [0.05, 0.1) is 12.9 Å². The average molecular weight is 440 g/mol. The van der Waals surface area contributed by atoms with Gasteiger partial charge in [0, 0.05) is 34.3 Å². The molecule has 0 bridgehead atoms. The quantitative estimate of drug-likeness (QED) is 0.317. The Balaban J connectivity index is 1.73. The van der Waals surface area contributed by atoms with Crippen molar-refractivity contribution in [3.63, 3.8) is 0 Å². The van der Waals surface area contributed by atoms with E-state index in [1.165, 1.54) is 5.56 Å². The number of benzene rings is 3. The van der Waals surface area contributed by atoms with E-state index in [1.54, 1.807) is 12.3 Å². The molecule has 1 N–H and O–H groups in total. The first-order valence-corrected chi connectivity index (χ1v) is 11.2. The zero-order chi connectivity index (χ0) is 23.5. The molecule has 4 rings (SSSR count). The van der Waals surface area contributed by atoms with Crippen molar-refractivity contribution in [2.75, 3.05) is 11.9 Å². The molecule has 0 unspecified atom stereocenters. The number of hydrogen-bond acceptors (Lipinski definition) is 3.